The first-order valence-electron chi connectivity index (χ1n) is 14.4. The van der Waals surface area contributed by atoms with Gasteiger partial charge < -0.3 is 9.32 Å². The molecule has 1 heterocycles. The molecule has 196 valence electrons. The summed E-state index contributed by atoms with van der Waals surface area (Å²) in [4.78, 5) is 2.43. The van der Waals surface area contributed by atoms with Crippen molar-refractivity contribution in [3.05, 3.63) is 152 Å². The van der Waals surface area contributed by atoms with E-state index in [1.807, 2.05) is 0 Å². The Morgan fingerprint density at radius 2 is 0.905 bits per heavy atom. The maximum absolute atomic E-state index is 6.63. The molecular formula is C40H25NO. The molecule has 2 heteroatoms. The first kappa shape index (κ1) is 23.1. The summed E-state index contributed by atoms with van der Waals surface area (Å²) in [5.74, 6) is 0. The van der Waals surface area contributed by atoms with Crippen LogP contribution in [0.4, 0.5) is 17.1 Å². The van der Waals surface area contributed by atoms with Gasteiger partial charge >= 0.3 is 0 Å². The lowest BCUT2D eigenvalue weighted by atomic mass is 9.97. The average Bonchev–Trinajstić information content (AvgIpc) is 3.42. The molecule has 0 saturated heterocycles. The second kappa shape index (κ2) is 8.95. The number of furan rings is 1. The molecule has 0 aliphatic carbocycles. The van der Waals surface area contributed by atoms with E-state index in [1.54, 1.807) is 0 Å². The molecule has 0 aliphatic heterocycles. The van der Waals surface area contributed by atoms with Crippen LogP contribution in [-0.4, -0.2) is 0 Å². The Labute approximate surface area is 242 Å². The molecule has 8 aromatic carbocycles. The summed E-state index contributed by atoms with van der Waals surface area (Å²) >= 11 is 0. The predicted molar refractivity (Wildman–Crippen MR) is 178 cm³/mol. The summed E-state index contributed by atoms with van der Waals surface area (Å²) in [6, 6.07) is 54.4. The molecule has 0 amide bonds. The Morgan fingerprint density at radius 3 is 1.67 bits per heavy atom. The second-order valence-electron chi connectivity index (χ2n) is 10.9. The highest BCUT2D eigenvalue weighted by atomic mass is 16.3. The number of anilines is 3. The van der Waals surface area contributed by atoms with E-state index in [9.17, 15) is 0 Å². The SMILES string of the molecule is c1ccc(N(c2cc3ccccc3c3ccccc23)c2cc3c4cc5ccccc5cc4oc3c3ccccc23)cc1. The quantitative estimate of drug-likeness (QED) is 0.209. The van der Waals surface area contributed by atoms with Crippen LogP contribution in [0.3, 0.4) is 0 Å². The van der Waals surface area contributed by atoms with Crippen LogP contribution in [0.25, 0.3) is 65.0 Å². The fourth-order valence-corrected chi connectivity index (χ4v) is 6.65. The summed E-state index contributed by atoms with van der Waals surface area (Å²) in [6.07, 6.45) is 0. The number of nitrogens with zero attached hydrogens (tertiary/aromatic N) is 1. The number of benzene rings is 8. The smallest absolute Gasteiger partial charge is 0.143 e. The highest BCUT2D eigenvalue weighted by molar-refractivity contribution is 6.22. The first-order chi connectivity index (χ1) is 20.8. The minimum atomic E-state index is 0.911. The molecule has 0 radical (unpaired) electrons. The van der Waals surface area contributed by atoms with Crippen LogP contribution in [0.15, 0.2) is 156 Å². The van der Waals surface area contributed by atoms with Gasteiger partial charge in [-0.2, -0.15) is 0 Å². The minimum absolute atomic E-state index is 0.911. The third-order valence-electron chi connectivity index (χ3n) is 8.57. The summed E-state index contributed by atoms with van der Waals surface area (Å²) in [5, 5.41) is 11.8. The minimum Gasteiger partial charge on any atom is -0.455 e. The highest BCUT2D eigenvalue weighted by Gasteiger charge is 2.22. The molecule has 0 spiro atoms. The van der Waals surface area contributed by atoms with Crippen LogP contribution >= 0.6 is 0 Å². The standard InChI is InChI=1S/C40H25NO/c1-2-15-29(16-3-1)41(37-23-28-14-6-7-17-30(28)31-18-8-9-19-32(31)37)38-25-36-35-22-26-12-4-5-13-27(26)24-39(35)42-40(36)34-21-11-10-20-33(34)38/h1-25H. The van der Waals surface area contributed by atoms with Gasteiger partial charge in [0, 0.05) is 32.6 Å². The zero-order chi connectivity index (χ0) is 27.6. The maximum atomic E-state index is 6.63. The zero-order valence-electron chi connectivity index (χ0n) is 22.8. The molecule has 0 bridgehead atoms. The van der Waals surface area contributed by atoms with Gasteiger partial charge in [0.15, 0.2) is 0 Å². The van der Waals surface area contributed by atoms with Gasteiger partial charge in [-0.25, -0.2) is 0 Å². The fraction of sp³-hybridized carbons (Fsp3) is 0. The first-order valence-corrected chi connectivity index (χ1v) is 14.4. The third-order valence-corrected chi connectivity index (χ3v) is 8.57. The van der Waals surface area contributed by atoms with Gasteiger partial charge in [-0.15, -0.1) is 0 Å². The Kier molecular flexibility index (Phi) is 4.93. The highest BCUT2D eigenvalue weighted by Crippen LogP contribution is 2.47. The van der Waals surface area contributed by atoms with E-state index >= 15 is 0 Å². The number of rotatable bonds is 3. The van der Waals surface area contributed by atoms with Crippen molar-refractivity contribution in [1.82, 2.24) is 0 Å². The van der Waals surface area contributed by atoms with Crippen molar-refractivity contribution in [2.45, 2.75) is 0 Å². The van der Waals surface area contributed by atoms with Crippen molar-refractivity contribution in [2.24, 2.45) is 0 Å². The van der Waals surface area contributed by atoms with E-state index in [0.29, 0.717) is 0 Å². The van der Waals surface area contributed by atoms with Gasteiger partial charge in [-0.3, -0.25) is 0 Å². The van der Waals surface area contributed by atoms with Gasteiger partial charge in [0.05, 0.1) is 11.4 Å². The monoisotopic (exact) mass is 535 g/mol. The van der Waals surface area contributed by atoms with Gasteiger partial charge in [-0.05, 0) is 63.3 Å². The predicted octanol–water partition coefficient (Wildman–Crippen LogP) is 11.7. The average molecular weight is 536 g/mol. The lowest BCUT2D eigenvalue weighted by molar-refractivity contribution is 0.673. The molecular weight excluding hydrogens is 510 g/mol. The Hall–Kier alpha value is -5.60. The van der Waals surface area contributed by atoms with Crippen LogP contribution in [0.1, 0.15) is 0 Å². The molecule has 0 N–H and O–H groups in total. The largest absolute Gasteiger partial charge is 0.455 e. The maximum Gasteiger partial charge on any atom is 0.143 e. The molecule has 0 aliphatic rings. The van der Waals surface area contributed by atoms with E-state index in [0.717, 1.165) is 49.8 Å². The van der Waals surface area contributed by atoms with Crippen molar-refractivity contribution in [3.8, 4) is 0 Å². The van der Waals surface area contributed by atoms with Crippen LogP contribution in [0.2, 0.25) is 0 Å². The Morgan fingerprint density at radius 1 is 0.357 bits per heavy atom. The fourth-order valence-electron chi connectivity index (χ4n) is 6.65. The van der Waals surface area contributed by atoms with Crippen LogP contribution in [0, 0.1) is 0 Å². The van der Waals surface area contributed by atoms with Gasteiger partial charge in [-0.1, -0.05) is 115 Å². The Bertz CT molecular complexity index is 2470. The number of para-hydroxylation sites is 1. The molecule has 0 saturated carbocycles. The van der Waals surface area contributed by atoms with E-state index < -0.39 is 0 Å². The number of fused-ring (bicyclic) bond motifs is 9. The van der Waals surface area contributed by atoms with Gasteiger partial charge in [0.25, 0.3) is 0 Å². The second-order valence-corrected chi connectivity index (χ2v) is 10.9. The number of hydrogen-bond donors (Lipinski definition) is 0. The van der Waals surface area contributed by atoms with Crippen LogP contribution in [-0.2, 0) is 0 Å². The lowest BCUT2D eigenvalue weighted by Gasteiger charge is -2.29. The number of hydrogen-bond acceptors (Lipinski definition) is 2. The van der Waals surface area contributed by atoms with Crippen molar-refractivity contribution in [3.63, 3.8) is 0 Å². The molecule has 0 atom stereocenters. The van der Waals surface area contributed by atoms with Crippen molar-refractivity contribution in [1.29, 1.82) is 0 Å². The molecule has 1 aromatic heterocycles. The molecule has 0 fully saturated rings. The van der Waals surface area contributed by atoms with E-state index in [4.69, 9.17) is 4.42 Å². The molecule has 9 aromatic rings. The summed E-state index contributed by atoms with van der Waals surface area (Å²) in [5.41, 5.74) is 5.23. The van der Waals surface area contributed by atoms with E-state index in [-0.39, 0.29) is 0 Å². The van der Waals surface area contributed by atoms with Gasteiger partial charge in [0.1, 0.15) is 11.2 Å². The van der Waals surface area contributed by atoms with Crippen LogP contribution in [0.5, 0.6) is 0 Å². The molecule has 0 unspecified atom stereocenters. The summed E-state index contributed by atoms with van der Waals surface area (Å²) < 4.78 is 6.63. The molecule has 2 nitrogen and oxygen atoms in total. The van der Waals surface area contributed by atoms with Crippen molar-refractivity contribution >= 4 is 82.1 Å². The van der Waals surface area contributed by atoms with E-state index in [1.165, 1.54) is 32.3 Å². The Balaban J connectivity index is 1.44. The third kappa shape index (κ3) is 3.39. The summed E-state index contributed by atoms with van der Waals surface area (Å²) in [7, 11) is 0. The zero-order valence-corrected chi connectivity index (χ0v) is 22.8. The van der Waals surface area contributed by atoms with Gasteiger partial charge in [0.2, 0.25) is 0 Å². The van der Waals surface area contributed by atoms with Crippen LogP contribution < -0.4 is 4.90 Å². The molecule has 9 rings (SSSR count). The van der Waals surface area contributed by atoms with E-state index in [2.05, 4.69) is 157 Å². The topological polar surface area (TPSA) is 16.4 Å². The lowest BCUT2D eigenvalue weighted by Crippen LogP contribution is -2.11. The summed E-state index contributed by atoms with van der Waals surface area (Å²) in [6.45, 7) is 0. The molecule has 42 heavy (non-hydrogen) atoms. The normalized spacial score (nSPS) is 11.8. The van der Waals surface area contributed by atoms with Crippen molar-refractivity contribution in [2.75, 3.05) is 4.90 Å². The van der Waals surface area contributed by atoms with Crippen molar-refractivity contribution < 1.29 is 4.42 Å².